The Labute approximate surface area is 192 Å². The van der Waals surface area contributed by atoms with Crippen molar-refractivity contribution in [1.82, 2.24) is 4.98 Å². The predicted molar refractivity (Wildman–Crippen MR) is 124 cm³/mol. The van der Waals surface area contributed by atoms with Crippen LogP contribution < -0.4 is 14.8 Å². The quantitative estimate of drug-likeness (QED) is 0.481. The number of anilines is 1. The number of hydrogen-bond acceptors (Lipinski definition) is 6. The number of pyridine rings is 1. The summed E-state index contributed by atoms with van der Waals surface area (Å²) in [5, 5.41) is 2.75. The lowest BCUT2D eigenvalue weighted by molar-refractivity contribution is -0.115. The van der Waals surface area contributed by atoms with Gasteiger partial charge in [-0.05, 0) is 67.6 Å². The highest BCUT2D eigenvalue weighted by molar-refractivity contribution is 6.01. The third-order valence-electron chi connectivity index (χ3n) is 5.42. The summed E-state index contributed by atoms with van der Waals surface area (Å²) in [4.78, 5) is 28.6. The van der Waals surface area contributed by atoms with E-state index in [9.17, 15) is 9.59 Å². The molecule has 33 heavy (non-hydrogen) atoms. The number of rotatable bonds is 8. The summed E-state index contributed by atoms with van der Waals surface area (Å²) in [6, 6.07) is 17.7. The number of ether oxygens (including phenoxy) is 3. The fourth-order valence-electron chi connectivity index (χ4n) is 3.74. The zero-order valence-electron chi connectivity index (χ0n) is 18.5. The first-order chi connectivity index (χ1) is 16.1. The molecule has 4 rings (SSSR count). The molecule has 1 aliphatic rings. The van der Waals surface area contributed by atoms with E-state index in [2.05, 4.69) is 10.3 Å². The number of carbonyl (C=O) groups is 2. The number of para-hydroxylation sites is 1. The van der Waals surface area contributed by atoms with Gasteiger partial charge in [0.1, 0.15) is 11.5 Å². The predicted octanol–water partition coefficient (Wildman–Crippen LogP) is 5.16. The number of nitrogens with zero attached hydrogens (tertiary/aromatic N) is 1. The molecule has 1 aliphatic carbocycles. The molecule has 7 heteroatoms. The Balaban J connectivity index is 1.31. The van der Waals surface area contributed by atoms with Gasteiger partial charge < -0.3 is 19.5 Å². The second kappa shape index (κ2) is 10.6. The van der Waals surface area contributed by atoms with Crippen LogP contribution in [0.1, 0.15) is 41.6 Å². The number of methoxy groups -OCH3 is 1. The first kappa shape index (κ1) is 22.3. The highest BCUT2D eigenvalue weighted by Gasteiger charge is 2.16. The van der Waals surface area contributed by atoms with E-state index in [0.717, 1.165) is 24.2 Å². The second-order valence-electron chi connectivity index (χ2n) is 7.86. The van der Waals surface area contributed by atoms with E-state index >= 15 is 0 Å². The summed E-state index contributed by atoms with van der Waals surface area (Å²) in [7, 11) is 1.30. The van der Waals surface area contributed by atoms with Crippen LogP contribution in [-0.2, 0) is 16.0 Å². The fourth-order valence-corrected chi connectivity index (χ4v) is 3.74. The Hall–Kier alpha value is -3.87. The topological polar surface area (TPSA) is 86.8 Å². The number of amides is 1. The summed E-state index contributed by atoms with van der Waals surface area (Å²) in [5.74, 6) is 1.16. The van der Waals surface area contributed by atoms with Crippen LogP contribution in [0, 0.1) is 0 Å². The van der Waals surface area contributed by atoms with Crippen molar-refractivity contribution in [1.29, 1.82) is 0 Å². The first-order valence-electron chi connectivity index (χ1n) is 11.0. The molecule has 1 aromatic heterocycles. The maximum atomic E-state index is 12.4. The molecule has 3 aromatic rings. The summed E-state index contributed by atoms with van der Waals surface area (Å²) in [6.45, 7) is 0. The smallest absolute Gasteiger partial charge is 0.339 e. The van der Waals surface area contributed by atoms with Gasteiger partial charge in [0.25, 0.3) is 0 Å². The molecule has 0 unspecified atom stereocenters. The minimum atomic E-state index is -0.507. The van der Waals surface area contributed by atoms with Gasteiger partial charge in [0, 0.05) is 12.3 Å². The molecule has 1 saturated carbocycles. The van der Waals surface area contributed by atoms with Crippen molar-refractivity contribution in [3.8, 4) is 17.4 Å². The largest absolute Gasteiger partial charge is 0.490 e. The van der Waals surface area contributed by atoms with Crippen LogP contribution in [0.3, 0.4) is 0 Å². The van der Waals surface area contributed by atoms with Crippen LogP contribution in [-0.4, -0.2) is 30.1 Å². The van der Waals surface area contributed by atoms with E-state index in [1.807, 2.05) is 24.3 Å². The Morgan fingerprint density at radius 3 is 2.39 bits per heavy atom. The molecule has 1 heterocycles. The van der Waals surface area contributed by atoms with Crippen molar-refractivity contribution < 1.29 is 23.8 Å². The van der Waals surface area contributed by atoms with Gasteiger partial charge in [-0.15, -0.1) is 0 Å². The van der Waals surface area contributed by atoms with Gasteiger partial charge >= 0.3 is 5.97 Å². The van der Waals surface area contributed by atoms with Crippen LogP contribution in [0.4, 0.5) is 5.69 Å². The highest BCUT2D eigenvalue weighted by Crippen LogP contribution is 2.27. The van der Waals surface area contributed by atoms with Gasteiger partial charge in [-0.2, -0.15) is 0 Å². The molecule has 2 aromatic carbocycles. The molecular weight excluding hydrogens is 420 g/mol. The molecule has 0 spiro atoms. The molecule has 1 N–H and O–H groups in total. The van der Waals surface area contributed by atoms with E-state index in [1.54, 1.807) is 42.6 Å². The number of aromatic nitrogens is 1. The fraction of sp³-hybridized carbons (Fsp3) is 0.269. The number of benzene rings is 2. The Kier molecular flexibility index (Phi) is 7.19. The first-order valence-corrected chi connectivity index (χ1v) is 11.0. The van der Waals surface area contributed by atoms with Gasteiger partial charge in [0.15, 0.2) is 0 Å². The minimum Gasteiger partial charge on any atom is -0.490 e. The molecule has 170 valence electrons. The Morgan fingerprint density at radius 1 is 0.970 bits per heavy atom. The van der Waals surface area contributed by atoms with Gasteiger partial charge in [0.2, 0.25) is 11.8 Å². The third kappa shape index (κ3) is 6.10. The van der Waals surface area contributed by atoms with Gasteiger partial charge in [-0.25, -0.2) is 9.78 Å². The average molecular weight is 447 g/mol. The molecule has 7 nitrogen and oxygen atoms in total. The number of nitrogens with one attached hydrogen (secondary N) is 1. The third-order valence-corrected chi connectivity index (χ3v) is 5.42. The van der Waals surface area contributed by atoms with Crippen LogP contribution in [0.2, 0.25) is 0 Å². The van der Waals surface area contributed by atoms with Crippen molar-refractivity contribution in [2.45, 2.75) is 38.2 Å². The van der Waals surface area contributed by atoms with Gasteiger partial charge in [-0.3, -0.25) is 4.79 Å². The Morgan fingerprint density at radius 2 is 1.70 bits per heavy atom. The number of carbonyl (C=O) groups excluding carboxylic acids is 2. The lowest BCUT2D eigenvalue weighted by atomic mass is 10.1. The lowest BCUT2D eigenvalue weighted by Gasteiger charge is -2.13. The van der Waals surface area contributed by atoms with Crippen LogP contribution in [0.15, 0.2) is 66.9 Å². The molecule has 1 fully saturated rings. The van der Waals surface area contributed by atoms with Gasteiger partial charge in [0.05, 0.1) is 30.9 Å². The maximum absolute atomic E-state index is 12.4. The Bertz CT molecular complexity index is 1090. The van der Waals surface area contributed by atoms with E-state index in [4.69, 9.17) is 14.2 Å². The summed E-state index contributed by atoms with van der Waals surface area (Å²) in [5.41, 5.74) is 1.42. The molecule has 0 bridgehead atoms. The van der Waals surface area contributed by atoms with Crippen molar-refractivity contribution in [3.63, 3.8) is 0 Å². The van der Waals surface area contributed by atoms with Crippen molar-refractivity contribution in [2.24, 2.45) is 0 Å². The number of hydrogen-bond donors (Lipinski definition) is 1. The second-order valence-corrected chi connectivity index (χ2v) is 7.86. The molecule has 0 saturated heterocycles. The van der Waals surface area contributed by atoms with Crippen LogP contribution in [0.5, 0.6) is 17.4 Å². The summed E-state index contributed by atoms with van der Waals surface area (Å²) >= 11 is 0. The minimum absolute atomic E-state index is 0.107. The van der Waals surface area contributed by atoms with Crippen molar-refractivity contribution >= 4 is 17.6 Å². The van der Waals surface area contributed by atoms with Crippen molar-refractivity contribution in [2.75, 3.05) is 12.4 Å². The number of esters is 1. The average Bonchev–Trinajstić information content (AvgIpc) is 3.34. The summed E-state index contributed by atoms with van der Waals surface area (Å²) in [6.07, 6.45) is 6.71. The van der Waals surface area contributed by atoms with E-state index < -0.39 is 5.97 Å². The zero-order chi connectivity index (χ0) is 23.0. The van der Waals surface area contributed by atoms with Crippen LogP contribution >= 0.6 is 0 Å². The van der Waals surface area contributed by atoms with E-state index in [1.165, 1.54) is 20.0 Å². The van der Waals surface area contributed by atoms with Crippen LogP contribution in [0.25, 0.3) is 0 Å². The van der Waals surface area contributed by atoms with E-state index in [0.29, 0.717) is 29.0 Å². The standard InChI is InChI=1S/C26H26N2O5/c1-31-26(30)22-8-4-5-9-23(22)28-24(29)16-18-10-15-25(27-17-18)33-21-13-11-20(12-14-21)32-19-6-2-3-7-19/h4-5,8-15,17,19H,2-3,6-7,16H2,1H3,(H,28,29). The molecule has 1 amide bonds. The normalized spacial score (nSPS) is 13.4. The zero-order valence-corrected chi connectivity index (χ0v) is 18.5. The summed E-state index contributed by atoms with van der Waals surface area (Å²) < 4.78 is 16.5. The SMILES string of the molecule is COC(=O)c1ccccc1NC(=O)Cc1ccc(Oc2ccc(OC3CCCC3)cc2)nc1. The molecule has 0 atom stereocenters. The van der Waals surface area contributed by atoms with Crippen molar-refractivity contribution in [3.05, 3.63) is 78.0 Å². The maximum Gasteiger partial charge on any atom is 0.339 e. The molecule has 0 radical (unpaired) electrons. The monoisotopic (exact) mass is 446 g/mol. The lowest BCUT2D eigenvalue weighted by Crippen LogP contribution is -2.17. The molecular formula is C26H26N2O5. The highest BCUT2D eigenvalue weighted by atomic mass is 16.5. The molecule has 0 aliphatic heterocycles. The van der Waals surface area contributed by atoms with Gasteiger partial charge in [-0.1, -0.05) is 18.2 Å². The van der Waals surface area contributed by atoms with E-state index in [-0.39, 0.29) is 12.3 Å².